The number of sulfonamides is 1. The minimum atomic E-state index is -3.41. The number of rotatable bonds is 8. The number of hydrogen-bond acceptors (Lipinski definition) is 8. The largest absolute Gasteiger partial charge is 0.485 e. The van der Waals surface area contributed by atoms with Crippen LogP contribution in [0.2, 0.25) is 0 Å². The molecule has 158 valence electrons. The zero-order valence-corrected chi connectivity index (χ0v) is 17.8. The third-order valence-corrected chi connectivity index (χ3v) is 5.04. The van der Waals surface area contributed by atoms with E-state index in [1.54, 1.807) is 6.07 Å². The van der Waals surface area contributed by atoms with Crippen LogP contribution in [0, 0.1) is 15.9 Å². The van der Waals surface area contributed by atoms with E-state index < -0.39 is 20.8 Å². The molecule has 0 saturated carbocycles. The van der Waals surface area contributed by atoms with Gasteiger partial charge in [0.05, 0.1) is 27.8 Å². The third-order valence-electron chi connectivity index (χ3n) is 3.82. The summed E-state index contributed by atoms with van der Waals surface area (Å²) in [6.07, 6.45) is 2.22. The van der Waals surface area contributed by atoms with Crippen molar-refractivity contribution in [3.8, 4) is 5.75 Å². The maximum Gasteiger partial charge on any atom is 0.311 e. The highest BCUT2D eigenvalue weighted by Gasteiger charge is 2.20. The maximum absolute atomic E-state index is 14.2. The van der Waals surface area contributed by atoms with E-state index in [0.717, 1.165) is 6.26 Å². The molecule has 0 radical (unpaired) electrons. The summed E-state index contributed by atoms with van der Waals surface area (Å²) in [7, 11) is -3.41. The van der Waals surface area contributed by atoms with Gasteiger partial charge in [-0.15, -0.1) is 0 Å². The molecule has 0 amide bonds. The highest BCUT2D eigenvalue weighted by molar-refractivity contribution is 9.10. The van der Waals surface area contributed by atoms with Crippen molar-refractivity contribution in [2.24, 2.45) is 0 Å². The number of nitrogens with zero attached hydrogens (tertiary/aromatic N) is 3. The second kappa shape index (κ2) is 8.85. The first-order valence-electron chi connectivity index (χ1n) is 8.37. The molecular weight excluding hydrogens is 485 g/mol. The van der Waals surface area contributed by atoms with E-state index in [-0.39, 0.29) is 41.5 Å². The van der Waals surface area contributed by atoms with Crippen LogP contribution in [0.5, 0.6) is 5.75 Å². The number of nitrogens with one attached hydrogen (secondary N) is 2. The molecular formula is C17H15BrFN5O5S. The summed E-state index contributed by atoms with van der Waals surface area (Å²) in [5.41, 5.74) is 0.0886. The minimum Gasteiger partial charge on any atom is -0.485 e. The zero-order valence-electron chi connectivity index (χ0n) is 15.4. The molecule has 0 aliphatic carbocycles. The Balaban J connectivity index is 1.94. The van der Waals surface area contributed by atoms with E-state index in [2.05, 4.69) is 35.9 Å². The Kier molecular flexibility index (Phi) is 6.43. The predicted octanol–water partition coefficient (Wildman–Crippen LogP) is 3.11. The Labute approximate surface area is 178 Å². The number of ether oxygens (including phenoxy) is 1. The van der Waals surface area contributed by atoms with Crippen LogP contribution >= 0.6 is 15.9 Å². The van der Waals surface area contributed by atoms with Gasteiger partial charge < -0.3 is 10.1 Å². The van der Waals surface area contributed by atoms with Crippen molar-refractivity contribution in [3.63, 3.8) is 0 Å². The first-order valence-corrected chi connectivity index (χ1v) is 11.0. The fourth-order valence-electron chi connectivity index (χ4n) is 2.54. The summed E-state index contributed by atoms with van der Waals surface area (Å²) in [5.74, 6) is -0.444. The Morgan fingerprint density at radius 1 is 1.27 bits per heavy atom. The van der Waals surface area contributed by atoms with Gasteiger partial charge >= 0.3 is 5.69 Å². The van der Waals surface area contributed by atoms with Crippen LogP contribution in [-0.2, 0) is 10.0 Å². The lowest BCUT2D eigenvalue weighted by molar-refractivity contribution is -0.385. The normalized spacial score (nSPS) is 11.4. The lowest BCUT2D eigenvalue weighted by Gasteiger charge is -2.11. The SMILES string of the molecule is CS(=O)(=O)NCCOc1cc2ncnc(Nc3ccc(Br)cc3F)c2cc1[N+](=O)[O-]. The topological polar surface area (TPSA) is 136 Å². The number of halogens is 2. The van der Waals surface area contributed by atoms with Gasteiger partial charge in [0.15, 0.2) is 5.75 Å². The first kappa shape index (κ1) is 21.8. The summed E-state index contributed by atoms with van der Waals surface area (Å²) in [4.78, 5) is 19.0. The molecule has 0 aliphatic heterocycles. The van der Waals surface area contributed by atoms with Gasteiger partial charge in [0.2, 0.25) is 10.0 Å². The van der Waals surface area contributed by atoms with Crippen LogP contribution in [0.1, 0.15) is 0 Å². The Bertz CT molecular complexity index is 1220. The number of benzene rings is 2. The van der Waals surface area contributed by atoms with E-state index in [9.17, 15) is 22.9 Å². The molecule has 0 spiro atoms. The summed E-state index contributed by atoms with van der Waals surface area (Å²) in [5, 5.41) is 14.6. The van der Waals surface area contributed by atoms with Crippen LogP contribution in [-0.4, -0.2) is 42.7 Å². The molecule has 0 aliphatic rings. The van der Waals surface area contributed by atoms with Gasteiger partial charge in [-0.3, -0.25) is 10.1 Å². The van der Waals surface area contributed by atoms with Gasteiger partial charge in [-0.25, -0.2) is 27.5 Å². The van der Waals surface area contributed by atoms with Crippen molar-refractivity contribution in [3.05, 3.63) is 57.1 Å². The smallest absolute Gasteiger partial charge is 0.311 e. The number of aromatic nitrogens is 2. The van der Waals surface area contributed by atoms with E-state index >= 15 is 0 Å². The highest BCUT2D eigenvalue weighted by Crippen LogP contribution is 2.35. The molecule has 30 heavy (non-hydrogen) atoms. The number of nitro groups is 1. The molecule has 0 saturated heterocycles. The highest BCUT2D eigenvalue weighted by atomic mass is 79.9. The van der Waals surface area contributed by atoms with Crippen LogP contribution in [0.25, 0.3) is 10.9 Å². The van der Waals surface area contributed by atoms with Gasteiger partial charge in [-0.05, 0) is 18.2 Å². The van der Waals surface area contributed by atoms with E-state index in [1.807, 2.05) is 0 Å². The van der Waals surface area contributed by atoms with Crippen LogP contribution in [0.15, 0.2) is 41.1 Å². The average Bonchev–Trinajstić information content (AvgIpc) is 2.66. The van der Waals surface area contributed by atoms with Crippen LogP contribution in [0.3, 0.4) is 0 Å². The molecule has 1 aromatic heterocycles. The number of nitro benzene ring substituents is 1. The fourth-order valence-corrected chi connectivity index (χ4v) is 3.32. The lowest BCUT2D eigenvalue weighted by atomic mass is 10.2. The molecule has 2 N–H and O–H groups in total. The van der Waals surface area contributed by atoms with Crippen molar-refractivity contribution >= 4 is 54.0 Å². The third kappa shape index (κ3) is 5.37. The summed E-state index contributed by atoms with van der Waals surface area (Å²) in [6.45, 7) is -0.187. The van der Waals surface area contributed by atoms with Gasteiger partial charge in [0.1, 0.15) is 24.6 Å². The van der Waals surface area contributed by atoms with Crippen molar-refractivity contribution in [1.82, 2.24) is 14.7 Å². The second-order valence-corrected chi connectivity index (χ2v) is 8.83. The molecule has 0 unspecified atom stereocenters. The number of hydrogen-bond donors (Lipinski definition) is 2. The quantitative estimate of drug-likeness (QED) is 0.274. The minimum absolute atomic E-state index is 0.0621. The van der Waals surface area contributed by atoms with Gasteiger partial charge in [-0.1, -0.05) is 15.9 Å². The molecule has 2 aromatic carbocycles. The molecule has 3 rings (SSSR count). The van der Waals surface area contributed by atoms with Crippen LogP contribution in [0.4, 0.5) is 21.6 Å². The molecule has 0 fully saturated rings. The Morgan fingerprint density at radius 2 is 2.03 bits per heavy atom. The molecule has 0 atom stereocenters. The Morgan fingerprint density at radius 3 is 2.70 bits per heavy atom. The van der Waals surface area contributed by atoms with E-state index in [4.69, 9.17) is 4.74 Å². The van der Waals surface area contributed by atoms with Gasteiger partial charge in [0.25, 0.3) is 0 Å². The lowest BCUT2D eigenvalue weighted by Crippen LogP contribution is -2.27. The fraction of sp³-hybridized carbons (Fsp3) is 0.176. The van der Waals surface area contributed by atoms with Crippen molar-refractivity contribution in [2.75, 3.05) is 24.7 Å². The Hall–Kier alpha value is -2.90. The summed E-state index contributed by atoms with van der Waals surface area (Å²) >= 11 is 3.17. The molecule has 1 heterocycles. The molecule has 10 nitrogen and oxygen atoms in total. The summed E-state index contributed by atoms with van der Waals surface area (Å²) in [6, 6.07) is 6.96. The second-order valence-electron chi connectivity index (χ2n) is 6.08. The standard InChI is InChI=1S/C17H15BrFN5O5S/c1-30(27,28)22-4-5-29-16-8-14-11(7-15(16)24(25)26)17(21-9-20-14)23-13-3-2-10(18)6-12(13)19/h2-3,6-9,22H,4-5H2,1H3,(H,20,21,23). The number of anilines is 2. The van der Waals surface area contributed by atoms with Crippen molar-refractivity contribution in [1.29, 1.82) is 0 Å². The molecule has 0 bridgehead atoms. The van der Waals surface area contributed by atoms with Gasteiger partial charge in [-0.2, -0.15) is 0 Å². The molecule has 3 aromatic rings. The summed E-state index contributed by atoms with van der Waals surface area (Å²) < 4.78 is 44.5. The van der Waals surface area contributed by atoms with E-state index in [1.165, 1.54) is 30.6 Å². The van der Waals surface area contributed by atoms with Gasteiger partial charge in [0, 0.05) is 23.2 Å². The van der Waals surface area contributed by atoms with E-state index in [0.29, 0.717) is 9.99 Å². The monoisotopic (exact) mass is 499 g/mol. The van der Waals surface area contributed by atoms with Crippen molar-refractivity contribution in [2.45, 2.75) is 0 Å². The predicted molar refractivity (Wildman–Crippen MR) is 112 cm³/mol. The van der Waals surface area contributed by atoms with Crippen molar-refractivity contribution < 1.29 is 22.5 Å². The maximum atomic E-state index is 14.2. The number of fused-ring (bicyclic) bond motifs is 1. The van der Waals surface area contributed by atoms with Crippen LogP contribution < -0.4 is 14.8 Å². The zero-order chi connectivity index (χ0) is 21.9. The average molecular weight is 500 g/mol. The molecule has 13 heteroatoms. The first-order chi connectivity index (χ1) is 14.1.